The molecule has 4 heteroatoms. The van der Waals surface area contributed by atoms with Crippen LogP contribution in [0.1, 0.15) is 24.3 Å². The molecule has 0 aliphatic heterocycles. The molecule has 1 atom stereocenters. The lowest BCUT2D eigenvalue weighted by atomic mass is 10.2. The average Bonchev–Trinajstić information content (AvgIpc) is 2.70. The third-order valence-corrected chi connectivity index (χ3v) is 3.00. The highest BCUT2D eigenvalue weighted by Gasteiger charge is 2.09. The number of aliphatic hydroxyl groups is 1. The maximum atomic E-state index is 12.9. The van der Waals surface area contributed by atoms with E-state index >= 15 is 0 Å². The highest BCUT2D eigenvalue weighted by atomic mass is 35.5. The molecule has 0 spiro atoms. The lowest BCUT2D eigenvalue weighted by molar-refractivity contribution is 0.190. The maximum absolute atomic E-state index is 12.9. The van der Waals surface area contributed by atoms with Crippen molar-refractivity contribution >= 4 is 11.6 Å². The highest BCUT2D eigenvalue weighted by Crippen LogP contribution is 2.21. The van der Waals surface area contributed by atoms with Crippen LogP contribution in [0.4, 0.5) is 4.39 Å². The van der Waals surface area contributed by atoms with Crippen molar-refractivity contribution in [2.45, 2.75) is 19.6 Å². The van der Waals surface area contributed by atoms with Crippen LogP contribution in [0.2, 0.25) is 5.02 Å². The molecular formula is C13H13ClFNO. The van der Waals surface area contributed by atoms with E-state index < -0.39 is 6.10 Å². The Morgan fingerprint density at radius 3 is 2.82 bits per heavy atom. The minimum absolute atomic E-state index is 0.345. The zero-order valence-corrected chi connectivity index (χ0v) is 10.2. The van der Waals surface area contributed by atoms with E-state index in [1.807, 2.05) is 22.9 Å². The molecule has 0 saturated carbocycles. The largest absolute Gasteiger partial charge is 0.387 e. The van der Waals surface area contributed by atoms with Gasteiger partial charge in [0.25, 0.3) is 0 Å². The third kappa shape index (κ3) is 2.68. The smallest absolute Gasteiger partial charge is 0.124 e. The number of hydrogen-bond donors (Lipinski definition) is 1. The summed E-state index contributed by atoms with van der Waals surface area (Å²) < 4.78 is 14.8. The quantitative estimate of drug-likeness (QED) is 0.891. The molecule has 2 rings (SSSR count). The molecule has 1 N–H and O–H groups in total. The Labute approximate surface area is 104 Å². The normalized spacial score (nSPS) is 12.7. The summed E-state index contributed by atoms with van der Waals surface area (Å²) in [7, 11) is 0. The molecule has 1 aromatic heterocycles. The molecule has 0 fully saturated rings. The molecule has 1 aromatic carbocycles. The van der Waals surface area contributed by atoms with Crippen molar-refractivity contribution in [3.8, 4) is 0 Å². The summed E-state index contributed by atoms with van der Waals surface area (Å²) in [5, 5.41) is 9.97. The topological polar surface area (TPSA) is 25.2 Å². The monoisotopic (exact) mass is 253 g/mol. The average molecular weight is 254 g/mol. The van der Waals surface area contributed by atoms with Crippen molar-refractivity contribution in [1.29, 1.82) is 0 Å². The Balaban J connectivity index is 2.28. The van der Waals surface area contributed by atoms with Crippen molar-refractivity contribution in [3.05, 3.63) is 58.6 Å². The van der Waals surface area contributed by atoms with E-state index in [1.165, 1.54) is 12.1 Å². The molecule has 90 valence electrons. The van der Waals surface area contributed by atoms with Crippen LogP contribution in [0.5, 0.6) is 0 Å². The Morgan fingerprint density at radius 2 is 2.18 bits per heavy atom. The van der Waals surface area contributed by atoms with Crippen LogP contribution >= 0.6 is 11.6 Å². The summed E-state index contributed by atoms with van der Waals surface area (Å²) >= 11 is 5.96. The molecule has 0 aliphatic carbocycles. The SMILES string of the molecule is CC(O)c1cccn1Cc1ccc(F)cc1Cl. The van der Waals surface area contributed by atoms with Gasteiger partial charge in [-0.05, 0) is 36.8 Å². The maximum Gasteiger partial charge on any atom is 0.124 e. The summed E-state index contributed by atoms with van der Waals surface area (Å²) in [6.07, 6.45) is 1.33. The summed E-state index contributed by atoms with van der Waals surface area (Å²) in [5.74, 6) is -0.345. The molecule has 0 radical (unpaired) electrons. The molecule has 0 amide bonds. The van der Waals surface area contributed by atoms with Crippen molar-refractivity contribution in [2.75, 3.05) is 0 Å². The van der Waals surface area contributed by atoms with Crippen LogP contribution in [0.3, 0.4) is 0 Å². The standard InChI is InChI=1S/C13H13ClFNO/c1-9(17)13-3-2-6-16(13)8-10-4-5-11(15)7-12(10)14/h2-7,9,17H,8H2,1H3. The molecule has 1 heterocycles. The molecule has 2 aromatic rings. The van der Waals surface area contributed by atoms with E-state index in [1.54, 1.807) is 13.0 Å². The Kier molecular flexibility index (Phi) is 3.50. The predicted octanol–water partition coefficient (Wildman–Crippen LogP) is 3.38. The number of benzene rings is 1. The summed E-state index contributed by atoms with van der Waals surface area (Å²) in [6.45, 7) is 2.23. The second-order valence-electron chi connectivity index (χ2n) is 3.97. The first-order valence-electron chi connectivity index (χ1n) is 5.35. The second-order valence-corrected chi connectivity index (χ2v) is 4.38. The van der Waals surface area contributed by atoms with Crippen molar-refractivity contribution in [3.63, 3.8) is 0 Å². The number of rotatable bonds is 3. The number of hydrogen-bond acceptors (Lipinski definition) is 1. The van der Waals surface area contributed by atoms with Gasteiger partial charge in [0.2, 0.25) is 0 Å². The van der Waals surface area contributed by atoms with E-state index in [0.717, 1.165) is 11.3 Å². The number of aromatic nitrogens is 1. The Hall–Kier alpha value is -1.32. The van der Waals surface area contributed by atoms with Crippen molar-refractivity contribution < 1.29 is 9.50 Å². The van der Waals surface area contributed by atoms with Gasteiger partial charge in [-0.25, -0.2) is 4.39 Å². The molecule has 0 aliphatic rings. The minimum atomic E-state index is -0.538. The Bertz CT molecular complexity index is 522. The zero-order chi connectivity index (χ0) is 12.4. The van der Waals surface area contributed by atoms with Crippen molar-refractivity contribution in [2.24, 2.45) is 0 Å². The van der Waals surface area contributed by atoms with Gasteiger partial charge in [0, 0.05) is 23.5 Å². The van der Waals surface area contributed by atoms with Crippen LogP contribution in [0.15, 0.2) is 36.5 Å². The first-order valence-corrected chi connectivity index (χ1v) is 5.73. The highest BCUT2D eigenvalue weighted by molar-refractivity contribution is 6.31. The molecule has 1 unspecified atom stereocenters. The lowest BCUT2D eigenvalue weighted by Crippen LogP contribution is -2.06. The summed E-state index contributed by atoms with van der Waals surface area (Å²) in [6, 6.07) is 8.04. The molecule has 0 bridgehead atoms. The number of aliphatic hydroxyl groups excluding tert-OH is 1. The zero-order valence-electron chi connectivity index (χ0n) is 9.40. The number of halogens is 2. The van der Waals surface area contributed by atoms with Crippen LogP contribution in [0, 0.1) is 5.82 Å². The fourth-order valence-corrected chi connectivity index (χ4v) is 2.01. The first-order chi connectivity index (χ1) is 8.08. The summed E-state index contributed by atoms with van der Waals surface area (Å²) in [5.41, 5.74) is 1.64. The molecule has 17 heavy (non-hydrogen) atoms. The van der Waals surface area contributed by atoms with Gasteiger partial charge < -0.3 is 9.67 Å². The Morgan fingerprint density at radius 1 is 1.41 bits per heavy atom. The van der Waals surface area contributed by atoms with Gasteiger partial charge in [0.15, 0.2) is 0 Å². The lowest BCUT2D eigenvalue weighted by Gasteiger charge is -2.12. The third-order valence-electron chi connectivity index (χ3n) is 2.65. The van der Waals surface area contributed by atoms with E-state index in [4.69, 9.17) is 11.6 Å². The van der Waals surface area contributed by atoms with Crippen LogP contribution in [-0.2, 0) is 6.54 Å². The fourth-order valence-electron chi connectivity index (χ4n) is 1.78. The molecule has 0 saturated heterocycles. The van der Waals surface area contributed by atoms with Gasteiger partial charge >= 0.3 is 0 Å². The van der Waals surface area contributed by atoms with Gasteiger partial charge in [0.1, 0.15) is 5.82 Å². The van der Waals surface area contributed by atoms with Gasteiger partial charge in [-0.1, -0.05) is 17.7 Å². The first kappa shape index (κ1) is 12.1. The van der Waals surface area contributed by atoms with E-state index in [-0.39, 0.29) is 5.82 Å². The minimum Gasteiger partial charge on any atom is -0.387 e. The van der Waals surface area contributed by atoms with Gasteiger partial charge in [-0.2, -0.15) is 0 Å². The number of nitrogens with zero attached hydrogens (tertiary/aromatic N) is 1. The van der Waals surface area contributed by atoms with Gasteiger partial charge in [0.05, 0.1) is 6.10 Å². The van der Waals surface area contributed by atoms with Crippen LogP contribution in [-0.4, -0.2) is 9.67 Å². The van der Waals surface area contributed by atoms with Gasteiger partial charge in [-0.3, -0.25) is 0 Å². The van der Waals surface area contributed by atoms with E-state index in [2.05, 4.69) is 0 Å². The van der Waals surface area contributed by atoms with E-state index in [0.29, 0.717) is 11.6 Å². The van der Waals surface area contributed by atoms with E-state index in [9.17, 15) is 9.50 Å². The van der Waals surface area contributed by atoms with Crippen LogP contribution < -0.4 is 0 Å². The molecule has 2 nitrogen and oxygen atoms in total. The van der Waals surface area contributed by atoms with Crippen LogP contribution in [0.25, 0.3) is 0 Å². The molecular weight excluding hydrogens is 241 g/mol. The van der Waals surface area contributed by atoms with Crippen molar-refractivity contribution in [1.82, 2.24) is 4.57 Å². The fraction of sp³-hybridized carbons (Fsp3) is 0.231. The summed E-state index contributed by atoms with van der Waals surface area (Å²) in [4.78, 5) is 0. The second kappa shape index (κ2) is 4.90. The van der Waals surface area contributed by atoms with Gasteiger partial charge in [-0.15, -0.1) is 0 Å². The predicted molar refractivity (Wildman–Crippen MR) is 65.6 cm³/mol.